The summed E-state index contributed by atoms with van der Waals surface area (Å²) in [5.41, 5.74) is 0.796. The lowest BCUT2D eigenvalue weighted by atomic mass is 10.1. The molecular formula is C20H22Cl3N3O4S. The molecular weight excluding hydrogens is 485 g/mol. The number of sulfonamides is 1. The predicted octanol–water partition coefficient (Wildman–Crippen LogP) is 3.58. The molecule has 168 valence electrons. The zero-order valence-corrected chi connectivity index (χ0v) is 20.2. The maximum Gasteiger partial charge on any atom is 0.244 e. The molecule has 7 nitrogen and oxygen atoms in total. The minimum atomic E-state index is -3.92. The van der Waals surface area contributed by atoms with Gasteiger partial charge in [0.2, 0.25) is 21.8 Å². The number of benzene rings is 2. The summed E-state index contributed by atoms with van der Waals surface area (Å²) in [5, 5.41) is 2.75. The van der Waals surface area contributed by atoms with Crippen LogP contribution in [0.15, 0.2) is 42.5 Å². The van der Waals surface area contributed by atoms with Crippen LogP contribution in [0.1, 0.15) is 12.5 Å². The Morgan fingerprint density at radius 1 is 1.03 bits per heavy atom. The molecule has 1 atom stereocenters. The summed E-state index contributed by atoms with van der Waals surface area (Å²) in [4.78, 5) is 26.8. The van der Waals surface area contributed by atoms with Gasteiger partial charge in [0.15, 0.2) is 0 Å². The largest absolute Gasteiger partial charge is 0.357 e. The van der Waals surface area contributed by atoms with E-state index in [0.29, 0.717) is 0 Å². The number of halogens is 3. The summed E-state index contributed by atoms with van der Waals surface area (Å²) in [7, 11) is -2.46. The highest BCUT2D eigenvalue weighted by Gasteiger charge is 2.30. The fourth-order valence-electron chi connectivity index (χ4n) is 2.87. The van der Waals surface area contributed by atoms with Crippen LogP contribution < -0.4 is 9.62 Å². The summed E-state index contributed by atoms with van der Waals surface area (Å²) >= 11 is 18.2. The van der Waals surface area contributed by atoms with Crippen molar-refractivity contribution in [1.82, 2.24) is 10.2 Å². The standard InChI is InChI=1S/C20H22Cl3N3O4S/c1-13(20(28)24-2)25(11-14-7-5-4-6-8-14)19(27)12-26(31(3,29)30)18-10-16(22)15(21)9-17(18)23/h4-10,13H,11-12H2,1-3H3,(H,24,28)/t13-/m1/s1. The summed E-state index contributed by atoms with van der Waals surface area (Å²) in [5.74, 6) is -0.977. The second-order valence-corrected chi connectivity index (χ2v) is 9.91. The smallest absolute Gasteiger partial charge is 0.244 e. The van der Waals surface area contributed by atoms with Gasteiger partial charge in [-0.1, -0.05) is 65.1 Å². The minimum Gasteiger partial charge on any atom is -0.357 e. The molecule has 2 rings (SSSR count). The molecule has 2 aromatic rings. The van der Waals surface area contributed by atoms with E-state index in [2.05, 4.69) is 5.32 Å². The monoisotopic (exact) mass is 505 g/mol. The van der Waals surface area contributed by atoms with Gasteiger partial charge in [-0.2, -0.15) is 0 Å². The third kappa shape index (κ3) is 6.49. The third-order valence-electron chi connectivity index (χ3n) is 4.55. The predicted molar refractivity (Wildman–Crippen MR) is 124 cm³/mol. The Balaban J connectivity index is 2.44. The van der Waals surface area contributed by atoms with Crippen molar-refractivity contribution in [2.75, 3.05) is 24.2 Å². The van der Waals surface area contributed by atoms with E-state index in [1.807, 2.05) is 6.07 Å². The number of hydrogen-bond donors (Lipinski definition) is 1. The zero-order chi connectivity index (χ0) is 23.3. The molecule has 2 amide bonds. The molecule has 0 aromatic heterocycles. The van der Waals surface area contributed by atoms with Crippen LogP contribution in [0.5, 0.6) is 0 Å². The average Bonchev–Trinajstić information content (AvgIpc) is 2.71. The Morgan fingerprint density at radius 2 is 1.61 bits per heavy atom. The van der Waals surface area contributed by atoms with E-state index in [4.69, 9.17) is 34.8 Å². The van der Waals surface area contributed by atoms with Gasteiger partial charge in [-0.3, -0.25) is 13.9 Å². The second-order valence-electron chi connectivity index (χ2n) is 6.78. The van der Waals surface area contributed by atoms with Gasteiger partial charge in [0.05, 0.1) is 27.0 Å². The van der Waals surface area contributed by atoms with Gasteiger partial charge in [0.1, 0.15) is 12.6 Å². The van der Waals surface area contributed by atoms with E-state index in [1.165, 1.54) is 24.1 Å². The molecule has 0 unspecified atom stereocenters. The van der Waals surface area contributed by atoms with E-state index in [-0.39, 0.29) is 33.2 Å². The van der Waals surface area contributed by atoms with Crippen molar-refractivity contribution in [3.05, 3.63) is 63.1 Å². The first kappa shape index (κ1) is 25.3. The van der Waals surface area contributed by atoms with Crippen LogP contribution in [0.4, 0.5) is 5.69 Å². The van der Waals surface area contributed by atoms with Crippen molar-refractivity contribution in [2.24, 2.45) is 0 Å². The van der Waals surface area contributed by atoms with Crippen molar-refractivity contribution < 1.29 is 18.0 Å². The van der Waals surface area contributed by atoms with Crippen molar-refractivity contribution in [3.8, 4) is 0 Å². The van der Waals surface area contributed by atoms with Crippen molar-refractivity contribution >= 4 is 62.3 Å². The Hall–Kier alpha value is -2.00. The van der Waals surface area contributed by atoms with E-state index < -0.39 is 28.5 Å². The van der Waals surface area contributed by atoms with Gasteiger partial charge >= 0.3 is 0 Å². The van der Waals surface area contributed by atoms with E-state index in [1.54, 1.807) is 31.2 Å². The molecule has 0 saturated heterocycles. The molecule has 11 heteroatoms. The Kier molecular flexibility index (Phi) is 8.59. The number of nitrogens with one attached hydrogen (secondary N) is 1. The SMILES string of the molecule is CNC(=O)[C@@H](C)N(Cc1ccccc1)C(=O)CN(c1cc(Cl)c(Cl)cc1Cl)S(C)(=O)=O. The summed E-state index contributed by atoms with van der Waals surface area (Å²) in [6.07, 6.45) is 0.947. The van der Waals surface area contributed by atoms with Crippen LogP contribution in [0.25, 0.3) is 0 Å². The van der Waals surface area contributed by atoms with Crippen LogP contribution in [0.2, 0.25) is 15.1 Å². The van der Waals surface area contributed by atoms with E-state index in [9.17, 15) is 18.0 Å². The highest BCUT2D eigenvalue weighted by Crippen LogP contribution is 2.35. The maximum atomic E-state index is 13.2. The molecule has 0 aliphatic heterocycles. The lowest BCUT2D eigenvalue weighted by Gasteiger charge is -2.31. The number of amides is 2. The minimum absolute atomic E-state index is 0.0131. The number of rotatable bonds is 8. The number of hydrogen-bond acceptors (Lipinski definition) is 4. The lowest BCUT2D eigenvalue weighted by molar-refractivity contribution is -0.139. The quantitative estimate of drug-likeness (QED) is 0.555. The molecule has 0 aliphatic carbocycles. The molecule has 0 aliphatic rings. The topological polar surface area (TPSA) is 86.8 Å². The van der Waals surface area contributed by atoms with Crippen LogP contribution >= 0.6 is 34.8 Å². The Bertz CT molecular complexity index is 1060. The molecule has 2 aromatic carbocycles. The van der Waals surface area contributed by atoms with Crippen LogP contribution in [0.3, 0.4) is 0 Å². The molecule has 0 radical (unpaired) electrons. The molecule has 1 N–H and O–H groups in total. The third-order valence-corrected chi connectivity index (χ3v) is 6.70. The van der Waals surface area contributed by atoms with Crippen molar-refractivity contribution in [1.29, 1.82) is 0 Å². The number of carbonyl (C=O) groups is 2. The number of carbonyl (C=O) groups excluding carboxylic acids is 2. The van der Waals surface area contributed by atoms with Crippen LogP contribution in [-0.2, 0) is 26.2 Å². The molecule has 31 heavy (non-hydrogen) atoms. The fraction of sp³-hybridized carbons (Fsp3) is 0.300. The highest BCUT2D eigenvalue weighted by atomic mass is 35.5. The van der Waals surface area contributed by atoms with Gasteiger partial charge in [-0.25, -0.2) is 8.42 Å². The fourth-order valence-corrected chi connectivity index (χ4v) is 4.42. The summed E-state index contributed by atoms with van der Waals surface area (Å²) in [6, 6.07) is 10.8. The first-order valence-electron chi connectivity index (χ1n) is 9.13. The van der Waals surface area contributed by atoms with Crippen LogP contribution in [0, 0.1) is 0 Å². The van der Waals surface area contributed by atoms with Crippen molar-refractivity contribution in [3.63, 3.8) is 0 Å². The molecule has 0 fully saturated rings. The summed E-state index contributed by atoms with van der Waals surface area (Å²) in [6.45, 7) is 1.10. The zero-order valence-electron chi connectivity index (χ0n) is 17.1. The summed E-state index contributed by atoms with van der Waals surface area (Å²) < 4.78 is 25.8. The van der Waals surface area contributed by atoms with E-state index in [0.717, 1.165) is 16.1 Å². The van der Waals surface area contributed by atoms with Gasteiger partial charge in [-0.15, -0.1) is 0 Å². The first-order chi connectivity index (χ1) is 14.5. The highest BCUT2D eigenvalue weighted by molar-refractivity contribution is 7.92. The second kappa shape index (κ2) is 10.5. The maximum absolute atomic E-state index is 13.2. The molecule has 0 spiro atoms. The Labute approximate surface area is 196 Å². The lowest BCUT2D eigenvalue weighted by Crippen LogP contribution is -2.50. The number of likely N-dealkylation sites (N-methyl/N-ethyl adjacent to an activating group) is 1. The van der Waals surface area contributed by atoms with E-state index >= 15 is 0 Å². The molecule has 0 bridgehead atoms. The van der Waals surface area contributed by atoms with Gasteiger partial charge in [-0.05, 0) is 24.6 Å². The Morgan fingerprint density at radius 3 is 2.16 bits per heavy atom. The molecule has 0 heterocycles. The number of anilines is 1. The normalized spacial score (nSPS) is 12.2. The molecule has 0 saturated carbocycles. The first-order valence-corrected chi connectivity index (χ1v) is 12.1. The van der Waals surface area contributed by atoms with Crippen LogP contribution in [-0.4, -0.2) is 51.0 Å². The van der Waals surface area contributed by atoms with Gasteiger partial charge in [0, 0.05) is 13.6 Å². The average molecular weight is 507 g/mol. The van der Waals surface area contributed by atoms with Crippen molar-refractivity contribution in [2.45, 2.75) is 19.5 Å². The van der Waals surface area contributed by atoms with Gasteiger partial charge in [0.25, 0.3) is 0 Å². The van der Waals surface area contributed by atoms with Gasteiger partial charge < -0.3 is 10.2 Å². The number of nitrogens with zero attached hydrogens (tertiary/aromatic N) is 2.